The summed E-state index contributed by atoms with van der Waals surface area (Å²) in [4.78, 5) is 0. The Balaban J connectivity index is 0. The van der Waals surface area contributed by atoms with Gasteiger partial charge in [-0.25, -0.2) is 0 Å². The molecule has 86 valence electrons. The minimum atomic E-state index is -1.73. The highest BCUT2D eigenvalue weighted by atomic mass is 32.1. The van der Waals surface area contributed by atoms with Crippen molar-refractivity contribution in [2.45, 2.75) is 27.7 Å². The number of hydrogen-bond donors (Lipinski definition) is 1. The van der Waals surface area contributed by atoms with Gasteiger partial charge in [0, 0.05) is 19.8 Å². The van der Waals surface area contributed by atoms with Crippen LogP contribution in [-0.2, 0) is 13.3 Å². The third-order valence-corrected chi connectivity index (χ3v) is 3.17. The first-order valence-corrected chi connectivity index (χ1v) is 6.79. The second kappa shape index (κ2) is 15.6. The molecule has 0 spiro atoms. The second-order valence-electron chi connectivity index (χ2n) is 2.14. The van der Waals surface area contributed by atoms with E-state index in [2.05, 4.69) is 12.6 Å². The maximum Gasteiger partial charge on any atom is 0.484 e. The summed E-state index contributed by atoms with van der Waals surface area (Å²) in [6.45, 7) is 9.78. The van der Waals surface area contributed by atoms with E-state index < -0.39 is 9.53 Å². The molecule has 0 unspecified atom stereocenters. The van der Waals surface area contributed by atoms with Crippen LogP contribution in [0.2, 0.25) is 0 Å². The molecule has 0 N–H and O–H groups in total. The molecule has 0 aromatic rings. The summed E-state index contributed by atoms with van der Waals surface area (Å²) in [7, 11) is -1.73. The van der Waals surface area contributed by atoms with Gasteiger partial charge in [0.2, 0.25) is 0 Å². The van der Waals surface area contributed by atoms with Crippen molar-refractivity contribution in [1.82, 2.24) is 0 Å². The van der Waals surface area contributed by atoms with Crippen LogP contribution in [0.15, 0.2) is 11.5 Å². The average Bonchev–Trinajstić information content (AvgIpc) is 2.20. The van der Waals surface area contributed by atoms with E-state index >= 15 is 0 Å². The van der Waals surface area contributed by atoms with E-state index in [0.717, 1.165) is 0 Å². The molecule has 0 aromatic carbocycles. The maximum absolute atomic E-state index is 5.22. The zero-order chi connectivity index (χ0) is 11.2. The van der Waals surface area contributed by atoms with Crippen LogP contribution in [0.5, 0.6) is 0 Å². The molecule has 0 rings (SSSR count). The van der Waals surface area contributed by atoms with Crippen LogP contribution in [0.25, 0.3) is 0 Å². The number of allylic oxidation sites excluding steroid dienone is 1. The van der Waals surface area contributed by atoms with Crippen molar-refractivity contribution in [3.63, 3.8) is 0 Å². The lowest BCUT2D eigenvalue weighted by Crippen LogP contribution is -2.27. The van der Waals surface area contributed by atoms with Crippen molar-refractivity contribution in [3.05, 3.63) is 11.5 Å². The lowest BCUT2D eigenvalue weighted by Gasteiger charge is -2.12. The molecule has 0 heterocycles. The molecule has 0 aliphatic heterocycles. The minimum Gasteiger partial charge on any atom is -0.376 e. The largest absolute Gasteiger partial charge is 0.484 e. The normalized spacial score (nSPS) is 10.4. The quantitative estimate of drug-likeness (QED) is 0.568. The van der Waals surface area contributed by atoms with E-state index in [4.69, 9.17) is 13.3 Å². The van der Waals surface area contributed by atoms with E-state index in [0.29, 0.717) is 19.8 Å². The van der Waals surface area contributed by atoms with Crippen LogP contribution in [0.4, 0.5) is 0 Å². The van der Waals surface area contributed by atoms with Crippen LogP contribution >= 0.6 is 12.6 Å². The Bertz CT molecular complexity index is 104. The highest BCUT2D eigenvalue weighted by Crippen LogP contribution is 1.91. The van der Waals surface area contributed by atoms with Crippen LogP contribution in [-0.4, -0.2) is 29.3 Å². The van der Waals surface area contributed by atoms with Crippen molar-refractivity contribution in [2.24, 2.45) is 0 Å². The predicted molar refractivity (Wildman–Crippen MR) is 65.8 cm³/mol. The third-order valence-electron chi connectivity index (χ3n) is 1.06. The van der Waals surface area contributed by atoms with Gasteiger partial charge in [-0.05, 0) is 33.1 Å². The molecule has 0 saturated heterocycles. The van der Waals surface area contributed by atoms with E-state index in [9.17, 15) is 0 Å². The van der Waals surface area contributed by atoms with E-state index in [1.807, 2.05) is 33.8 Å². The summed E-state index contributed by atoms with van der Waals surface area (Å²) in [5, 5.41) is 1.69. The molecule has 5 heteroatoms. The lowest BCUT2D eigenvalue weighted by molar-refractivity contribution is 0.107. The molecule has 3 nitrogen and oxygen atoms in total. The van der Waals surface area contributed by atoms with E-state index in [1.165, 1.54) is 0 Å². The SMILES string of the molecule is C/C=C/S.CCO[SiH](OCC)OCC. The van der Waals surface area contributed by atoms with Gasteiger partial charge in [-0.15, -0.1) is 0 Å². The number of thiol groups is 1. The molecule has 0 radical (unpaired) electrons. The van der Waals surface area contributed by atoms with Crippen LogP contribution < -0.4 is 0 Å². The van der Waals surface area contributed by atoms with Crippen molar-refractivity contribution in [1.29, 1.82) is 0 Å². The van der Waals surface area contributed by atoms with E-state index in [1.54, 1.807) is 5.41 Å². The average molecular weight is 238 g/mol. The molecule has 0 atom stereocenters. The van der Waals surface area contributed by atoms with Gasteiger partial charge < -0.3 is 13.3 Å². The molecule has 14 heavy (non-hydrogen) atoms. The zero-order valence-corrected chi connectivity index (χ0v) is 11.6. The fourth-order valence-electron chi connectivity index (χ4n) is 0.553. The third kappa shape index (κ3) is 14.7. The summed E-state index contributed by atoms with van der Waals surface area (Å²) < 4.78 is 15.7. The summed E-state index contributed by atoms with van der Waals surface area (Å²) in [5.74, 6) is 0. The van der Waals surface area contributed by atoms with Gasteiger partial charge in [0.15, 0.2) is 0 Å². The fourth-order valence-corrected chi connectivity index (χ4v) is 1.66. The van der Waals surface area contributed by atoms with Gasteiger partial charge in [-0.2, -0.15) is 12.6 Å². The highest BCUT2D eigenvalue weighted by Gasteiger charge is 2.11. The smallest absolute Gasteiger partial charge is 0.376 e. The Morgan fingerprint density at radius 3 is 1.43 bits per heavy atom. The van der Waals surface area contributed by atoms with Crippen LogP contribution in [0.1, 0.15) is 27.7 Å². The Labute approximate surface area is 94.8 Å². The molecular weight excluding hydrogens is 216 g/mol. The van der Waals surface area contributed by atoms with Crippen LogP contribution in [0.3, 0.4) is 0 Å². The molecule has 0 saturated carbocycles. The summed E-state index contributed by atoms with van der Waals surface area (Å²) in [6.07, 6.45) is 1.86. The van der Waals surface area contributed by atoms with Gasteiger partial charge >= 0.3 is 9.53 Å². The van der Waals surface area contributed by atoms with E-state index in [-0.39, 0.29) is 0 Å². The molecule has 0 amide bonds. The van der Waals surface area contributed by atoms with Gasteiger partial charge in [0.05, 0.1) is 0 Å². The molecule has 0 fully saturated rings. The number of hydrogen-bond acceptors (Lipinski definition) is 4. The molecule has 0 aliphatic carbocycles. The topological polar surface area (TPSA) is 27.7 Å². The summed E-state index contributed by atoms with van der Waals surface area (Å²) in [6, 6.07) is 0. The van der Waals surface area contributed by atoms with Crippen LogP contribution in [0, 0.1) is 0 Å². The van der Waals surface area contributed by atoms with Gasteiger partial charge in [0.25, 0.3) is 0 Å². The first kappa shape index (κ1) is 16.6. The van der Waals surface area contributed by atoms with Crippen molar-refractivity contribution in [3.8, 4) is 0 Å². The van der Waals surface area contributed by atoms with Crippen molar-refractivity contribution >= 4 is 22.2 Å². The monoisotopic (exact) mass is 238 g/mol. The predicted octanol–water partition coefficient (Wildman–Crippen LogP) is 2.26. The first-order valence-electron chi connectivity index (χ1n) is 4.86. The molecule has 0 aliphatic rings. The highest BCUT2D eigenvalue weighted by molar-refractivity contribution is 7.83. The zero-order valence-electron chi connectivity index (χ0n) is 9.53. The van der Waals surface area contributed by atoms with Gasteiger partial charge in [-0.3, -0.25) is 0 Å². The van der Waals surface area contributed by atoms with Crippen molar-refractivity contribution < 1.29 is 13.3 Å². The Morgan fingerprint density at radius 1 is 1.00 bits per heavy atom. The summed E-state index contributed by atoms with van der Waals surface area (Å²) in [5.41, 5.74) is 0. The Morgan fingerprint density at radius 2 is 1.29 bits per heavy atom. The first-order chi connectivity index (χ1) is 6.76. The second-order valence-corrected chi connectivity index (χ2v) is 4.01. The standard InChI is InChI=1S/C6H16O3Si.C3H6S/c1-4-7-10(8-5-2)9-6-3;1-2-3-4/h10H,4-6H2,1-3H3;2-4H,1H3/b;3-2+. The number of rotatable bonds is 6. The summed E-state index contributed by atoms with van der Waals surface area (Å²) >= 11 is 3.74. The minimum absolute atomic E-state index is 0.677. The van der Waals surface area contributed by atoms with Crippen molar-refractivity contribution in [2.75, 3.05) is 19.8 Å². The van der Waals surface area contributed by atoms with Gasteiger partial charge in [0.1, 0.15) is 0 Å². The molecule has 0 aromatic heterocycles. The molecular formula is C9H22O3SSi. The molecule has 0 bridgehead atoms. The Hall–Kier alpha value is 0.187. The lowest BCUT2D eigenvalue weighted by atomic mass is 10.8. The fraction of sp³-hybridized carbons (Fsp3) is 0.778. The van der Waals surface area contributed by atoms with Gasteiger partial charge in [-0.1, -0.05) is 6.08 Å². The maximum atomic E-state index is 5.22. The Kier molecular flexibility index (Phi) is 18.6.